The average molecular weight is 274 g/mol. The normalized spacial score (nSPS) is 25.6. The summed E-state index contributed by atoms with van der Waals surface area (Å²) in [5, 5.41) is 10.5. The van der Waals surface area contributed by atoms with Crippen molar-refractivity contribution in [3.8, 4) is 0 Å². The molecule has 2 aliphatic rings. The molecule has 0 aromatic heterocycles. The molecule has 3 nitrogen and oxygen atoms in total. The summed E-state index contributed by atoms with van der Waals surface area (Å²) in [4.78, 5) is 5.05. The van der Waals surface area contributed by atoms with Gasteiger partial charge in [-0.1, -0.05) is 18.2 Å². The van der Waals surface area contributed by atoms with E-state index in [4.69, 9.17) is 0 Å². The number of β-amino-alcohol motifs (C(OH)–C–C–N with tert-alkyl or cyclic N) is 1. The predicted molar refractivity (Wildman–Crippen MR) is 81.9 cm³/mol. The van der Waals surface area contributed by atoms with E-state index in [0.717, 1.165) is 31.2 Å². The van der Waals surface area contributed by atoms with Gasteiger partial charge < -0.3 is 5.11 Å². The van der Waals surface area contributed by atoms with Gasteiger partial charge in [-0.05, 0) is 49.9 Å². The molecule has 0 bridgehead atoms. The molecule has 1 aromatic carbocycles. The fraction of sp³-hybridized carbons (Fsp3) is 0.647. The molecule has 2 heterocycles. The Labute approximate surface area is 122 Å². The maximum absolute atomic E-state index is 10.5. The lowest BCUT2D eigenvalue weighted by molar-refractivity contribution is 0.0566. The topological polar surface area (TPSA) is 26.7 Å². The van der Waals surface area contributed by atoms with Crippen molar-refractivity contribution >= 4 is 0 Å². The van der Waals surface area contributed by atoms with Gasteiger partial charge in [-0.2, -0.15) is 0 Å². The first-order valence-electron chi connectivity index (χ1n) is 7.85. The van der Waals surface area contributed by atoms with Crippen LogP contribution in [-0.2, 0) is 0 Å². The van der Waals surface area contributed by atoms with Gasteiger partial charge in [0.1, 0.15) is 0 Å². The van der Waals surface area contributed by atoms with Crippen molar-refractivity contribution in [3.05, 3.63) is 34.9 Å². The van der Waals surface area contributed by atoms with Crippen LogP contribution in [0.25, 0.3) is 0 Å². The molecule has 20 heavy (non-hydrogen) atoms. The molecule has 1 N–H and O–H groups in total. The van der Waals surface area contributed by atoms with E-state index < -0.39 is 0 Å². The number of fused-ring (bicyclic) bond motifs is 1. The summed E-state index contributed by atoms with van der Waals surface area (Å²) in [5.74, 6) is 0. The molecule has 2 saturated heterocycles. The van der Waals surface area contributed by atoms with Crippen molar-refractivity contribution in [1.82, 2.24) is 9.80 Å². The molecule has 3 heteroatoms. The number of hydrogen-bond acceptors (Lipinski definition) is 3. The van der Waals surface area contributed by atoms with Crippen molar-refractivity contribution < 1.29 is 5.11 Å². The van der Waals surface area contributed by atoms with E-state index in [0.29, 0.717) is 0 Å². The molecular formula is C17H26N2O. The van der Waals surface area contributed by atoms with Gasteiger partial charge in [0.25, 0.3) is 0 Å². The van der Waals surface area contributed by atoms with Crippen LogP contribution < -0.4 is 0 Å². The third-order valence-corrected chi connectivity index (χ3v) is 5.02. The summed E-state index contributed by atoms with van der Waals surface area (Å²) in [6, 6.07) is 7.05. The number of aliphatic hydroxyl groups excluding tert-OH is 1. The Balaban J connectivity index is 1.60. The van der Waals surface area contributed by atoms with Crippen molar-refractivity contribution in [2.75, 3.05) is 32.7 Å². The third kappa shape index (κ3) is 2.90. The summed E-state index contributed by atoms with van der Waals surface area (Å²) < 4.78 is 0. The Morgan fingerprint density at radius 2 is 2.05 bits per heavy atom. The Kier molecular flexibility index (Phi) is 4.11. The number of benzene rings is 1. The van der Waals surface area contributed by atoms with Crippen LogP contribution in [0.3, 0.4) is 0 Å². The Morgan fingerprint density at radius 1 is 1.20 bits per heavy atom. The highest BCUT2D eigenvalue weighted by atomic mass is 16.3. The second-order valence-corrected chi connectivity index (χ2v) is 6.45. The molecule has 110 valence electrons. The van der Waals surface area contributed by atoms with Crippen LogP contribution in [0.15, 0.2) is 18.2 Å². The second-order valence-electron chi connectivity index (χ2n) is 6.45. The molecule has 2 atom stereocenters. The van der Waals surface area contributed by atoms with Gasteiger partial charge in [0.05, 0.1) is 6.10 Å². The lowest BCUT2D eigenvalue weighted by Crippen LogP contribution is -2.50. The molecule has 0 spiro atoms. The predicted octanol–water partition coefficient (Wildman–Crippen LogP) is 2.12. The van der Waals surface area contributed by atoms with Gasteiger partial charge >= 0.3 is 0 Å². The number of nitrogens with zero attached hydrogens (tertiary/aromatic N) is 2. The van der Waals surface area contributed by atoms with Crippen molar-refractivity contribution in [3.63, 3.8) is 0 Å². The number of piperazine rings is 1. The third-order valence-electron chi connectivity index (χ3n) is 5.02. The molecule has 0 radical (unpaired) electrons. The van der Waals surface area contributed by atoms with Gasteiger partial charge in [-0.3, -0.25) is 9.80 Å². The average Bonchev–Trinajstić information content (AvgIpc) is 2.89. The van der Waals surface area contributed by atoms with Gasteiger partial charge in [0.15, 0.2) is 0 Å². The van der Waals surface area contributed by atoms with E-state index in [-0.39, 0.29) is 6.10 Å². The summed E-state index contributed by atoms with van der Waals surface area (Å²) in [7, 11) is 0. The van der Waals surface area contributed by atoms with E-state index in [9.17, 15) is 5.11 Å². The number of rotatable bonds is 3. The SMILES string of the molecule is Cc1ccc(C(O)CN2CCN3CCCC3C2)cc1C. The number of aryl methyl sites for hydroxylation is 2. The second kappa shape index (κ2) is 5.84. The van der Waals surface area contributed by atoms with Crippen LogP contribution in [0.1, 0.15) is 35.6 Å². The first kappa shape index (κ1) is 14.1. The molecule has 1 aromatic rings. The van der Waals surface area contributed by atoms with Crippen molar-refractivity contribution in [1.29, 1.82) is 0 Å². The summed E-state index contributed by atoms with van der Waals surface area (Å²) in [6.45, 7) is 9.67. The Hall–Kier alpha value is -0.900. The van der Waals surface area contributed by atoms with E-state index >= 15 is 0 Å². The standard InChI is InChI=1S/C17H26N2O/c1-13-5-6-15(10-14(13)2)17(20)12-18-8-9-19-7-3-4-16(19)11-18/h5-6,10,16-17,20H,3-4,7-9,11-12H2,1-2H3. The zero-order chi connectivity index (χ0) is 14.1. The minimum atomic E-state index is -0.359. The van der Waals surface area contributed by atoms with Gasteiger partial charge in [0.2, 0.25) is 0 Å². The molecule has 2 unspecified atom stereocenters. The molecule has 3 rings (SSSR count). The maximum atomic E-state index is 10.5. The van der Waals surface area contributed by atoms with Gasteiger partial charge in [0, 0.05) is 32.2 Å². The summed E-state index contributed by atoms with van der Waals surface area (Å²) in [6.07, 6.45) is 2.32. The highest BCUT2D eigenvalue weighted by molar-refractivity contribution is 5.31. The van der Waals surface area contributed by atoms with Crippen LogP contribution in [0.4, 0.5) is 0 Å². The van der Waals surface area contributed by atoms with Crippen LogP contribution in [0, 0.1) is 13.8 Å². The lowest BCUT2D eigenvalue weighted by atomic mass is 10.0. The first-order chi connectivity index (χ1) is 9.63. The minimum Gasteiger partial charge on any atom is -0.387 e. The quantitative estimate of drug-likeness (QED) is 0.914. The highest BCUT2D eigenvalue weighted by Crippen LogP contribution is 2.24. The summed E-state index contributed by atoms with van der Waals surface area (Å²) >= 11 is 0. The van der Waals surface area contributed by atoms with E-state index in [1.807, 2.05) is 0 Å². The summed E-state index contributed by atoms with van der Waals surface area (Å²) in [5.41, 5.74) is 3.62. The van der Waals surface area contributed by atoms with Gasteiger partial charge in [-0.25, -0.2) is 0 Å². The molecule has 0 aliphatic carbocycles. The Morgan fingerprint density at radius 3 is 2.85 bits per heavy atom. The fourth-order valence-corrected chi connectivity index (χ4v) is 3.54. The van der Waals surface area contributed by atoms with Crippen LogP contribution in [-0.4, -0.2) is 53.7 Å². The van der Waals surface area contributed by atoms with E-state index in [2.05, 4.69) is 41.8 Å². The van der Waals surface area contributed by atoms with E-state index in [1.54, 1.807) is 0 Å². The lowest BCUT2D eigenvalue weighted by Gasteiger charge is -2.38. The highest BCUT2D eigenvalue weighted by Gasteiger charge is 2.31. The zero-order valence-electron chi connectivity index (χ0n) is 12.7. The van der Waals surface area contributed by atoms with Crippen LogP contribution in [0.2, 0.25) is 0 Å². The number of hydrogen-bond donors (Lipinski definition) is 1. The molecular weight excluding hydrogens is 248 g/mol. The van der Waals surface area contributed by atoms with Crippen LogP contribution in [0.5, 0.6) is 0 Å². The fourth-order valence-electron chi connectivity index (χ4n) is 3.54. The maximum Gasteiger partial charge on any atom is 0.0917 e. The molecule has 2 fully saturated rings. The largest absolute Gasteiger partial charge is 0.387 e. The van der Waals surface area contributed by atoms with Crippen molar-refractivity contribution in [2.24, 2.45) is 0 Å². The monoisotopic (exact) mass is 274 g/mol. The number of aliphatic hydroxyl groups is 1. The van der Waals surface area contributed by atoms with E-state index in [1.165, 1.54) is 37.1 Å². The smallest absolute Gasteiger partial charge is 0.0917 e. The zero-order valence-corrected chi connectivity index (χ0v) is 12.7. The molecule has 0 saturated carbocycles. The minimum absolute atomic E-state index is 0.359. The Bertz CT molecular complexity index is 474. The first-order valence-corrected chi connectivity index (χ1v) is 7.85. The van der Waals surface area contributed by atoms with Gasteiger partial charge in [-0.15, -0.1) is 0 Å². The van der Waals surface area contributed by atoms with Crippen LogP contribution >= 0.6 is 0 Å². The molecule has 0 amide bonds. The molecule has 2 aliphatic heterocycles. The van der Waals surface area contributed by atoms with Crippen molar-refractivity contribution in [2.45, 2.75) is 38.8 Å².